The predicted molar refractivity (Wildman–Crippen MR) is 107 cm³/mol. The second-order valence-corrected chi connectivity index (χ2v) is 6.97. The minimum absolute atomic E-state index is 0.129. The number of nitrogens with one attached hydrogen (secondary N) is 2. The van der Waals surface area contributed by atoms with Crippen LogP contribution in [-0.2, 0) is 0 Å². The Hall–Kier alpha value is -2.41. The molecule has 3 rings (SSSR count). The summed E-state index contributed by atoms with van der Waals surface area (Å²) in [6.07, 6.45) is 2.94. The lowest BCUT2D eigenvalue weighted by Gasteiger charge is -2.23. The number of aromatic nitrogens is 3. The average molecular weight is 371 g/mol. The molecular formula is C20H30N6O. The van der Waals surface area contributed by atoms with Crippen molar-refractivity contribution in [2.75, 3.05) is 37.6 Å². The van der Waals surface area contributed by atoms with Crippen LogP contribution in [0, 0.1) is 6.92 Å². The molecule has 2 heterocycles. The molecule has 1 aliphatic rings. The summed E-state index contributed by atoms with van der Waals surface area (Å²) < 4.78 is 1.92. The highest BCUT2D eigenvalue weighted by atomic mass is 16.2. The van der Waals surface area contributed by atoms with Gasteiger partial charge in [0.05, 0.1) is 11.7 Å². The highest BCUT2D eigenvalue weighted by molar-refractivity contribution is 5.93. The Balaban J connectivity index is 1.49. The maximum Gasteiger partial charge on any atom is 0.273 e. The Labute approximate surface area is 161 Å². The van der Waals surface area contributed by atoms with E-state index in [1.165, 1.54) is 5.69 Å². The third-order valence-corrected chi connectivity index (χ3v) is 5.19. The Morgan fingerprint density at radius 2 is 2.04 bits per heavy atom. The van der Waals surface area contributed by atoms with Gasteiger partial charge in [-0.25, -0.2) is 4.68 Å². The molecule has 0 saturated carbocycles. The van der Waals surface area contributed by atoms with Crippen LogP contribution in [-0.4, -0.2) is 53.6 Å². The molecule has 2 N–H and O–H groups in total. The molecule has 7 heteroatoms. The minimum atomic E-state index is -0.129. The first kappa shape index (κ1) is 19.4. The molecule has 27 heavy (non-hydrogen) atoms. The van der Waals surface area contributed by atoms with Gasteiger partial charge in [0.15, 0.2) is 5.69 Å². The van der Waals surface area contributed by atoms with Crippen molar-refractivity contribution < 1.29 is 4.79 Å². The summed E-state index contributed by atoms with van der Waals surface area (Å²) >= 11 is 0. The quantitative estimate of drug-likeness (QED) is 0.697. The van der Waals surface area contributed by atoms with Crippen LogP contribution in [0.3, 0.4) is 0 Å². The van der Waals surface area contributed by atoms with E-state index < -0.39 is 0 Å². The summed E-state index contributed by atoms with van der Waals surface area (Å²) in [6.45, 7) is 8.53. The van der Waals surface area contributed by atoms with Crippen LogP contribution in [0.4, 0.5) is 5.69 Å². The number of rotatable bonds is 8. The first-order chi connectivity index (χ1) is 13.2. The maximum atomic E-state index is 12.5. The fourth-order valence-corrected chi connectivity index (χ4v) is 3.61. The Morgan fingerprint density at radius 1 is 1.30 bits per heavy atom. The fraction of sp³-hybridized carbons (Fsp3) is 0.550. The van der Waals surface area contributed by atoms with Gasteiger partial charge in [-0.2, -0.15) is 0 Å². The second kappa shape index (κ2) is 9.50. The Morgan fingerprint density at radius 3 is 2.74 bits per heavy atom. The van der Waals surface area contributed by atoms with Gasteiger partial charge in [-0.15, -0.1) is 5.10 Å². The van der Waals surface area contributed by atoms with Gasteiger partial charge in [-0.3, -0.25) is 4.79 Å². The smallest absolute Gasteiger partial charge is 0.273 e. The third-order valence-electron chi connectivity index (χ3n) is 5.19. The van der Waals surface area contributed by atoms with E-state index in [1.807, 2.05) is 29.8 Å². The summed E-state index contributed by atoms with van der Waals surface area (Å²) in [5.41, 5.74) is 2.52. The summed E-state index contributed by atoms with van der Waals surface area (Å²) in [7, 11) is 0. The van der Waals surface area contributed by atoms with Crippen LogP contribution in [0.5, 0.6) is 0 Å². The number of hydrogen-bond donors (Lipinski definition) is 2. The van der Waals surface area contributed by atoms with Crippen molar-refractivity contribution in [1.29, 1.82) is 0 Å². The van der Waals surface area contributed by atoms with E-state index in [4.69, 9.17) is 0 Å². The van der Waals surface area contributed by atoms with E-state index in [2.05, 4.69) is 44.9 Å². The highest BCUT2D eigenvalue weighted by Crippen LogP contribution is 2.20. The van der Waals surface area contributed by atoms with Gasteiger partial charge >= 0.3 is 0 Å². The number of para-hydroxylation sites is 1. The molecule has 0 radical (unpaired) electrons. The van der Waals surface area contributed by atoms with Gasteiger partial charge in [-0.1, -0.05) is 23.4 Å². The van der Waals surface area contributed by atoms with Gasteiger partial charge in [-0.05, 0) is 58.3 Å². The predicted octanol–water partition coefficient (Wildman–Crippen LogP) is 2.16. The van der Waals surface area contributed by atoms with Crippen molar-refractivity contribution in [3.63, 3.8) is 0 Å². The van der Waals surface area contributed by atoms with E-state index in [-0.39, 0.29) is 5.91 Å². The van der Waals surface area contributed by atoms with Crippen LogP contribution in [0.25, 0.3) is 0 Å². The van der Waals surface area contributed by atoms with Crippen molar-refractivity contribution in [2.45, 2.75) is 39.2 Å². The molecule has 1 aliphatic heterocycles. The number of amides is 1. The molecule has 0 aliphatic carbocycles. The van der Waals surface area contributed by atoms with Gasteiger partial charge in [0.2, 0.25) is 0 Å². The molecule has 1 aromatic carbocycles. The largest absolute Gasteiger partial charge is 0.372 e. The van der Waals surface area contributed by atoms with Crippen molar-refractivity contribution in [2.24, 2.45) is 0 Å². The monoisotopic (exact) mass is 370 g/mol. The summed E-state index contributed by atoms with van der Waals surface area (Å²) in [5.74, 6) is -0.129. The van der Waals surface area contributed by atoms with E-state index in [1.54, 1.807) is 0 Å². The lowest BCUT2D eigenvalue weighted by Crippen LogP contribution is -2.31. The van der Waals surface area contributed by atoms with Crippen molar-refractivity contribution in [3.05, 3.63) is 41.7 Å². The topological polar surface area (TPSA) is 75.1 Å². The zero-order chi connectivity index (χ0) is 19.1. The SMILES string of the molecule is CCN(CCCNC(=O)c1nnn(C2CCNCC2)c1C)c1ccccc1. The molecule has 7 nitrogen and oxygen atoms in total. The molecule has 0 unspecified atom stereocenters. The van der Waals surface area contributed by atoms with Crippen LogP contribution >= 0.6 is 0 Å². The lowest BCUT2D eigenvalue weighted by molar-refractivity contribution is 0.0947. The Bertz CT molecular complexity index is 723. The Kier molecular flexibility index (Phi) is 6.81. The second-order valence-electron chi connectivity index (χ2n) is 6.97. The van der Waals surface area contributed by atoms with E-state index in [0.717, 1.165) is 51.1 Å². The van der Waals surface area contributed by atoms with Crippen molar-refractivity contribution in [3.8, 4) is 0 Å². The number of benzene rings is 1. The van der Waals surface area contributed by atoms with Crippen LogP contribution < -0.4 is 15.5 Å². The molecule has 1 aromatic heterocycles. The number of piperidine rings is 1. The van der Waals surface area contributed by atoms with Gasteiger partial charge < -0.3 is 15.5 Å². The van der Waals surface area contributed by atoms with Crippen molar-refractivity contribution >= 4 is 11.6 Å². The van der Waals surface area contributed by atoms with Crippen molar-refractivity contribution in [1.82, 2.24) is 25.6 Å². The number of hydrogen-bond acceptors (Lipinski definition) is 5. The summed E-state index contributed by atoms with van der Waals surface area (Å²) in [6, 6.07) is 10.7. The molecule has 0 bridgehead atoms. The zero-order valence-electron chi connectivity index (χ0n) is 16.3. The van der Waals surface area contributed by atoms with Crippen LogP contribution in [0.1, 0.15) is 48.4 Å². The number of nitrogens with zero attached hydrogens (tertiary/aromatic N) is 4. The molecule has 1 amide bonds. The highest BCUT2D eigenvalue weighted by Gasteiger charge is 2.22. The van der Waals surface area contributed by atoms with Crippen LogP contribution in [0.2, 0.25) is 0 Å². The van der Waals surface area contributed by atoms with E-state index in [9.17, 15) is 4.79 Å². The molecule has 0 atom stereocenters. The third kappa shape index (κ3) is 4.86. The fourth-order valence-electron chi connectivity index (χ4n) is 3.61. The maximum absolute atomic E-state index is 12.5. The number of carbonyl (C=O) groups is 1. The molecule has 1 saturated heterocycles. The molecule has 0 spiro atoms. The standard InChI is InChI=1S/C20H30N6O/c1-3-25(17-8-5-4-6-9-17)15-7-12-22-20(27)19-16(2)26(24-23-19)18-10-13-21-14-11-18/h4-6,8-9,18,21H,3,7,10-15H2,1-2H3,(H,22,27). The van der Waals surface area contributed by atoms with E-state index >= 15 is 0 Å². The molecule has 2 aromatic rings. The normalized spacial score (nSPS) is 14.9. The van der Waals surface area contributed by atoms with E-state index in [0.29, 0.717) is 18.3 Å². The lowest BCUT2D eigenvalue weighted by atomic mass is 10.1. The molecule has 1 fully saturated rings. The van der Waals surface area contributed by atoms with Gasteiger partial charge in [0.1, 0.15) is 0 Å². The molecule has 146 valence electrons. The first-order valence-electron chi connectivity index (χ1n) is 9.91. The minimum Gasteiger partial charge on any atom is -0.372 e. The average Bonchev–Trinajstić information content (AvgIpc) is 3.10. The van der Waals surface area contributed by atoms with Crippen LogP contribution in [0.15, 0.2) is 30.3 Å². The number of anilines is 1. The number of carbonyl (C=O) groups excluding carboxylic acids is 1. The van der Waals surface area contributed by atoms with Gasteiger partial charge in [0, 0.05) is 25.3 Å². The summed E-state index contributed by atoms with van der Waals surface area (Å²) in [4.78, 5) is 14.8. The summed E-state index contributed by atoms with van der Waals surface area (Å²) in [5, 5.41) is 14.7. The molecular weight excluding hydrogens is 340 g/mol. The zero-order valence-corrected chi connectivity index (χ0v) is 16.3. The van der Waals surface area contributed by atoms with Gasteiger partial charge in [0.25, 0.3) is 5.91 Å². The first-order valence-corrected chi connectivity index (χ1v) is 9.91.